The lowest BCUT2D eigenvalue weighted by molar-refractivity contribution is 0.0733. The van der Waals surface area contributed by atoms with Gasteiger partial charge in [-0.3, -0.25) is 4.79 Å². The Hall–Kier alpha value is -2.50. The van der Waals surface area contributed by atoms with Gasteiger partial charge >= 0.3 is 0 Å². The van der Waals surface area contributed by atoms with Crippen molar-refractivity contribution in [3.8, 4) is 0 Å². The molecule has 0 N–H and O–H groups in total. The summed E-state index contributed by atoms with van der Waals surface area (Å²) in [5, 5.41) is 0. The number of anilines is 1. The first-order valence-corrected chi connectivity index (χ1v) is 7.36. The van der Waals surface area contributed by atoms with Crippen LogP contribution in [-0.2, 0) is 13.0 Å². The van der Waals surface area contributed by atoms with Gasteiger partial charge in [-0.15, -0.1) is 0 Å². The predicted octanol–water partition coefficient (Wildman–Crippen LogP) is 2.62. The van der Waals surface area contributed by atoms with Crippen LogP contribution < -0.4 is 4.90 Å². The monoisotopic (exact) mass is 317 g/mol. The smallest absolute Gasteiger partial charge is 0.257 e. The highest BCUT2D eigenvalue weighted by Gasteiger charge is 2.26. The minimum atomic E-state index is -0.620. The third-order valence-electron chi connectivity index (χ3n) is 3.97. The van der Waals surface area contributed by atoms with E-state index in [2.05, 4.69) is 4.98 Å². The van der Waals surface area contributed by atoms with Crippen LogP contribution in [0.2, 0.25) is 0 Å². The van der Waals surface area contributed by atoms with Gasteiger partial charge in [0.1, 0.15) is 17.5 Å². The molecule has 0 fully saturated rings. The fourth-order valence-electron chi connectivity index (χ4n) is 2.87. The van der Waals surface area contributed by atoms with Crippen molar-refractivity contribution in [3.63, 3.8) is 0 Å². The molecule has 120 valence electrons. The molecule has 0 aliphatic carbocycles. The Balaban J connectivity index is 1.91. The zero-order valence-corrected chi connectivity index (χ0v) is 13.0. The van der Waals surface area contributed by atoms with Crippen molar-refractivity contribution in [1.29, 1.82) is 0 Å². The van der Waals surface area contributed by atoms with Crippen molar-refractivity contribution in [2.75, 3.05) is 25.5 Å². The molecule has 0 radical (unpaired) electrons. The second-order valence-electron chi connectivity index (χ2n) is 5.77. The number of pyridine rings is 1. The summed E-state index contributed by atoms with van der Waals surface area (Å²) in [6.45, 7) is 0.598. The van der Waals surface area contributed by atoms with E-state index in [1.54, 1.807) is 28.1 Å². The molecule has 1 aliphatic rings. The van der Waals surface area contributed by atoms with E-state index in [1.807, 2.05) is 14.1 Å². The highest BCUT2D eigenvalue weighted by Crippen LogP contribution is 2.25. The standard InChI is InChI=1S/C17H17F2N3O/c1-21(2)16-14(4-3-6-20-16)17(23)22-7-5-13-11(10-22)8-12(18)9-15(13)19/h3-4,6,8-9H,5,7,10H2,1-2H3. The first-order chi connectivity index (χ1) is 11.0. The van der Waals surface area contributed by atoms with Gasteiger partial charge in [0.15, 0.2) is 0 Å². The lowest BCUT2D eigenvalue weighted by atomic mass is 9.98. The lowest BCUT2D eigenvalue weighted by Crippen LogP contribution is -2.37. The second kappa shape index (κ2) is 5.95. The quantitative estimate of drug-likeness (QED) is 0.854. The molecule has 6 heteroatoms. The van der Waals surface area contributed by atoms with E-state index in [0.717, 1.165) is 6.07 Å². The molecule has 0 bridgehead atoms. The summed E-state index contributed by atoms with van der Waals surface area (Å²) in [4.78, 5) is 20.4. The van der Waals surface area contributed by atoms with Gasteiger partial charge in [0, 0.05) is 39.4 Å². The zero-order valence-electron chi connectivity index (χ0n) is 13.0. The van der Waals surface area contributed by atoms with Crippen LogP contribution in [0.1, 0.15) is 21.5 Å². The second-order valence-corrected chi connectivity index (χ2v) is 5.77. The molecular weight excluding hydrogens is 300 g/mol. The zero-order chi connectivity index (χ0) is 16.6. The molecule has 2 heterocycles. The van der Waals surface area contributed by atoms with Gasteiger partial charge in [-0.1, -0.05) is 0 Å². The topological polar surface area (TPSA) is 36.4 Å². The van der Waals surface area contributed by atoms with Crippen molar-refractivity contribution < 1.29 is 13.6 Å². The lowest BCUT2D eigenvalue weighted by Gasteiger charge is -2.30. The number of carbonyl (C=O) groups is 1. The first-order valence-electron chi connectivity index (χ1n) is 7.36. The molecule has 0 saturated carbocycles. The van der Waals surface area contributed by atoms with E-state index in [-0.39, 0.29) is 12.5 Å². The normalized spacial score (nSPS) is 13.7. The van der Waals surface area contributed by atoms with Gasteiger partial charge in [-0.05, 0) is 35.7 Å². The molecule has 0 unspecified atom stereocenters. The van der Waals surface area contributed by atoms with Crippen LogP contribution in [0.5, 0.6) is 0 Å². The maximum absolute atomic E-state index is 13.8. The minimum absolute atomic E-state index is 0.183. The Morgan fingerprint density at radius 1 is 1.30 bits per heavy atom. The maximum atomic E-state index is 13.8. The van der Waals surface area contributed by atoms with Crippen LogP contribution in [0.25, 0.3) is 0 Å². The number of benzene rings is 1. The van der Waals surface area contributed by atoms with Gasteiger partial charge < -0.3 is 9.80 Å². The summed E-state index contributed by atoms with van der Waals surface area (Å²) in [6, 6.07) is 5.61. The van der Waals surface area contributed by atoms with Gasteiger partial charge in [0.2, 0.25) is 0 Å². The van der Waals surface area contributed by atoms with Crippen LogP contribution in [-0.4, -0.2) is 36.4 Å². The highest BCUT2D eigenvalue weighted by atomic mass is 19.1. The van der Waals surface area contributed by atoms with Gasteiger partial charge in [-0.25, -0.2) is 13.8 Å². The van der Waals surface area contributed by atoms with Crippen LogP contribution >= 0.6 is 0 Å². The number of aromatic nitrogens is 1. The molecule has 4 nitrogen and oxygen atoms in total. The fourth-order valence-corrected chi connectivity index (χ4v) is 2.87. The SMILES string of the molecule is CN(C)c1ncccc1C(=O)N1CCc2c(F)cc(F)cc2C1. The summed E-state index contributed by atoms with van der Waals surface area (Å²) in [7, 11) is 3.63. The molecule has 0 spiro atoms. The van der Waals surface area contributed by atoms with E-state index in [1.165, 1.54) is 6.07 Å². The van der Waals surface area contributed by atoms with E-state index >= 15 is 0 Å². The molecule has 1 aromatic carbocycles. The number of carbonyl (C=O) groups excluding carboxylic acids is 1. The Bertz CT molecular complexity index is 761. The molecule has 1 amide bonds. The Morgan fingerprint density at radius 3 is 2.83 bits per heavy atom. The Labute approximate surface area is 133 Å². The van der Waals surface area contributed by atoms with Crippen molar-refractivity contribution in [2.24, 2.45) is 0 Å². The van der Waals surface area contributed by atoms with Crippen molar-refractivity contribution in [3.05, 3.63) is 58.8 Å². The van der Waals surface area contributed by atoms with Crippen molar-refractivity contribution >= 4 is 11.7 Å². The number of amides is 1. The third-order valence-corrected chi connectivity index (χ3v) is 3.97. The molecule has 1 aromatic heterocycles. The number of fused-ring (bicyclic) bond motifs is 1. The number of hydrogen-bond acceptors (Lipinski definition) is 3. The number of hydrogen-bond donors (Lipinski definition) is 0. The van der Waals surface area contributed by atoms with Crippen LogP contribution in [0.15, 0.2) is 30.5 Å². The van der Waals surface area contributed by atoms with Gasteiger partial charge in [-0.2, -0.15) is 0 Å². The summed E-state index contributed by atoms with van der Waals surface area (Å²) in [6.07, 6.45) is 2.01. The third kappa shape index (κ3) is 2.88. The van der Waals surface area contributed by atoms with Crippen LogP contribution in [0.3, 0.4) is 0 Å². The van der Waals surface area contributed by atoms with E-state index in [4.69, 9.17) is 0 Å². The number of nitrogens with zero attached hydrogens (tertiary/aromatic N) is 3. The van der Waals surface area contributed by atoms with E-state index < -0.39 is 11.6 Å². The Morgan fingerprint density at radius 2 is 2.09 bits per heavy atom. The molecule has 0 saturated heterocycles. The van der Waals surface area contributed by atoms with Crippen LogP contribution in [0, 0.1) is 11.6 Å². The molecule has 3 rings (SSSR count). The predicted molar refractivity (Wildman–Crippen MR) is 83.4 cm³/mol. The maximum Gasteiger partial charge on any atom is 0.257 e. The molecule has 23 heavy (non-hydrogen) atoms. The van der Waals surface area contributed by atoms with Gasteiger partial charge in [0.05, 0.1) is 5.56 Å². The molecular formula is C17H17F2N3O. The van der Waals surface area contributed by atoms with Crippen molar-refractivity contribution in [1.82, 2.24) is 9.88 Å². The van der Waals surface area contributed by atoms with Crippen LogP contribution in [0.4, 0.5) is 14.6 Å². The van der Waals surface area contributed by atoms with E-state index in [9.17, 15) is 13.6 Å². The summed E-state index contributed by atoms with van der Waals surface area (Å²) >= 11 is 0. The van der Waals surface area contributed by atoms with E-state index in [0.29, 0.717) is 35.5 Å². The molecule has 1 aliphatic heterocycles. The average molecular weight is 317 g/mol. The Kier molecular flexibility index (Phi) is 3.98. The summed E-state index contributed by atoms with van der Waals surface area (Å²) < 4.78 is 27.2. The van der Waals surface area contributed by atoms with Gasteiger partial charge in [0.25, 0.3) is 5.91 Å². The average Bonchev–Trinajstić information content (AvgIpc) is 2.53. The summed E-state index contributed by atoms with van der Waals surface area (Å²) in [5.41, 5.74) is 1.50. The largest absolute Gasteiger partial charge is 0.362 e. The summed E-state index contributed by atoms with van der Waals surface area (Å²) in [5.74, 6) is -0.765. The molecule has 0 atom stereocenters. The molecule has 2 aromatic rings. The van der Waals surface area contributed by atoms with Crippen molar-refractivity contribution in [2.45, 2.75) is 13.0 Å². The number of rotatable bonds is 2. The fraction of sp³-hybridized carbons (Fsp3) is 0.294. The number of halogens is 2. The highest BCUT2D eigenvalue weighted by molar-refractivity contribution is 5.98. The first kappa shape index (κ1) is 15.4. The minimum Gasteiger partial charge on any atom is -0.362 e.